The number of hydrogen-bond acceptors (Lipinski definition) is 3. The van der Waals surface area contributed by atoms with E-state index in [1.165, 1.54) is 17.2 Å². The molecule has 1 aromatic rings. The third kappa shape index (κ3) is 3.67. The number of nitrogens with zero attached hydrogens (tertiary/aromatic N) is 1. The van der Waals surface area contributed by atoms with Crippen molar-refractivity contribution in [3.05, 3.63) is 34.2 Å². The van der Waals surface area contributed by atoms with Crippen LogP contribution in [0.5, 0.6) is 0 Å². The molecule has 17 heavy (non-hydrogen) atoms. The summed E-state index contributed by atoms with van der Waals surface area (Å²) in [5, 5.41) is 0. The van der Waals surface area contributed by atoms with Gasteiger partial charge in [0.15, 0.2) is 0 Å². The molecule has 1 aromatic heterocycles. The quantitative estimate of drug-likeness (QED) is 0.766. The topological polar surface area (TPSA) is 79.2 Å². The SMILES string of the molecule is CC(CC(N)=S)N(C)C(=O)c1cc[nH]c(=O)c1. The molecule has 0 aromatic carbocycles. The molecular formula is C11H15N3O2S. The molecule has 92 valence electrons. The van der Waals surface area contributed by atoms with Gasteiger partial charge in [0.25, 0.3) is 5.91 Å². The van der Waals surface area contributed by atoms with Gasteiger partial charge in [-0.25, -0.2) is 0 Å². The van der Waals surface area contributed by atoms with Crippen LogP contribution in [0.2, 0.25) is 0 Å². The predicted octanol–water partition coefficient (Wildman–Crippen LogP) is 0.512. The second kappa shape index (κ2) is 5.58. The van der Waals surface area contributed by atoms with Crippen LogP contribution in [0, 0.1) is 0 Å². The Balaban J connectivity index is 2.83. The Morgan fingerprint density at radius 2 is 2.29 bits per heavy atom. The molecule has 0 aliphatic carbocycles. The molecule has 0 bridgehead atoms. The van der Waals surface area contributed by atoms with Gasteiger partial charge in [0.05, 0.1) is 4.99 Å². The first kappa shape index (κ1) is 13.4. The van der Waals surface area contributed by atoms with Crippen LogP contribution in [0.1, 0.15) is 23.7 Å². The van der Waals surface area contributed by atoms with Crippen LogP contribution in [0.4, 0.5) is 0 Å². The van der Waals surface area contributed by atoms with Crippen LogP contribution in [-0.4, -0.2) is 33.9 Å². The molecule has 0 fully saturated rings. The summed E-state index contributed by atoms with van der Waals surface area (Å²) in [6, 6.07) is 2.74. The second-order valence-corrected chi connectivity index (χ2v) is 4.40. The summed E-state index contributed by atoms with van der Waals surface area (Å²) < 4.78 is 0. The summed E-state index contributed by atoms with van der Waals surface area (Å²) in [6.45, 7) is 1.85. The van der Waals surface area contributed by atoms with E-state index in [2.05, 4.69) is 4.98 Å². The molecule has 0 radical (unpaired) electrons. The van der Waals surface area contributed by atoms with Crippen LogP contribution in [0.3, 0.4) is 0 Å². The van der Waals surface area contributed by atoms with Crippen molar-refractivity contribution in [2.75, 3.05) is 7.05 Å². The molecule has 3 N–H and O–H groups in total. The van der Waals surface area contributed by atoms with E-state index in [1.807, 2.05) is 6.92 Å². The number of thiocarbonyl (C=S) groups is 1. The maximum Gasteiger partial charge on any atom is 0.254 e. The van der Waals surface area contributed by atoms with E-state index in [1.54, 1.807) is 13.1 Å². The molecule has 0 aliphatic heterocycles. The summed E-state index contributed by atoms with van der Waals surface area (Å²) in [5.41, 5.74) is 5.49. The number of pyridine rings is 1. The zero-order valence-electron chi connectivity index (χ0n) is 9.77. The number of aromatic nitrogens is 1. The van der Waals surface area contributed by atoms with Crippen molar-refractivity contribution >= 4 is 23.1 Å². The third-order valence-corrected chi connectivity index (χ3v) is 2.67. The van der Waals surface area contributed by atoms with Gasteiger partial charge in [-0.05, 0) is 13.0 Å². The fourth-order valence-electron chi connectivity index (χ4n) is 1.41. The molecule has 5 nitrogen and oxygen atoms in total. The number of nitrogens with two attached hydrogens (primary N) is 1. The van der Waals surface area contributed by atoms with Gasteiger partial charge in [0.1, 0.15) is 0 Å². The zero-order valence-corrected chi connectivity index (χ0v) is 10.6. The summed E-state index contributed by atoms with van der Waals surface area (Å²) in [6.07, 6.45) is 1.91. The van der Waals surface area contributed by atoms with Gasteiger partial charge in [-0.3, -0.25) is 9.59 Å². The molecule has 0 saturated carbocycles. The number of carbonyl (C=O) groups excluding carboxylic acids is 1. The highest BCUT2D eigenvalue weighted by atomic mass is 32.1. The van der Waals surface area contributed by atoms with Crippen molar-refractivity contribution in [1.29, 1.82) is 0 Å². The number of aromatic amines is 1. The van der Waals surface area contributed by atoms with Gasteiger partial charge in [0, 0.05) is 37.3 Å². The third-order valence-electron chi connectivity index (χ3n) is 2.50. The van der Waals surface area contributed by atoms with Gasteiger partial charge >= 0.3 is 0 Å². The second-order valence-electron chi connectivity index (χ2n) is 3.88. The van der Waals surface area contributed by atoms with Crippen molar-refractivity contribution in [3.8, 4) is 0 Å². The van der Waals surface area contributed by atoms with Crippen LogP contribution < -0.4 is 11.3 Å². The first-order valence-electron chi connectivity index (χ1n) is 5.16. The van der Waals surface area contributed by atoms with Gasteiger partial charge in [-0.15, -0.1) is 0 Å². The summed E-state index contributed by atoms with van der Waals surface area (Å²) in [4.78, 5) is 27.5. The van der Waals surface area contributed by atoms with Crippen molar-refractivity contribution in [2.45, 2.75) is 19.4 Å². The highest BCUT2D eigenvalue weighted by Gasteiger charge is 2.18. The van der Waals surface area contributed by atoms with Crippen molar-refractivity contribution in [2.24, 2.45) is 5.73 Å². The first-order valence-corrected chi connectivity index (χ1v) is 5.57. The highest BCUT2D eigenvalue weighted by Crippen LogP contribution is 2.07. The zero-order chi connectivity index (χ0) is 13.0. The van der Waals surface area contributed by atoms with Gasteiger partial charge in [0.2, 0.25) is 5.56 Å². The number of rotatable bonds is 4. The minimum absolute atomic E-state index is 0.0979. The average molecular weight is 253 g/mol. The summed E-state index contributed by atoms with van der Waals surface area (Å²) in [5.74, 6) is -0.222. The van der Waals surface area contributed by atoms with Crippen LogP contribution in [-0.2, 0) is 0 Å². The maximum absolute atomic E-state index is 12.0. The average Bonchev–Trinajstić information content (AvgIpc) is 2.26. The van der Waals surface area contributed by atoms with Gasteiger partial charge in [-0.1, -0.05) is 12.2 Å². The van der Waals surface area contributed by atoms with E-state index in [0.29, 0.717) is 17.0 Å². The van der Waals surface area contributed by atoms with E-state index in [9.17, 15) is 9.59 Å². The number of amides is 1. The van der Waals surface area contributed by atoms with Crippen LogP contribution in [0.15, 0.2) is 23.1 Å². The number of H-pyrrole nitrogens is 1. The Morgan fingerprint density at radius 1 is 1.65 bits per heavy atom. The van der Waals surface area contributed by atoms with E-state index in [-0.39, 0.29) is 17.5 Å². The normalized spacial score (nSPS) is 11.9. The fourth-order valence-corrected chi connectivity index (χ4v) is 1.65. The Hall–Kier alpha value is -1.69. The number of hydrogen-bond donors (Lipinski definition) is 2. The smallest absolute Gasteiger partial charge is 0.254 e. The molecule has 0 saturated heterocycles. The molecule has 6 heteroatoms. The van der Waals surface area contributed by atoms with E-state index in [4.69, 9.17) is 18.0 Å². The maximum atomic E-state index is 12.0. The standard InChI is InChI=1S/C11H15N3O2S/c1-7(5-9(12)17)14(2)11(16)8-3-4-13-10(15)6-8/h3-4,6-7H,5H2,1-2H3,(H2,12,17)(H,13,15). The molecule has 0 spiro atoms. The first-order chi connectivity index (χ1) is 7.91. The van der Waals surface area contributed by atoms with E-state index < -0.39 is 0 Å². The summed E-state index contributed by atoms with van der Waals surface area (Å²) in [7, 11) is 1.66. The van der Waals surface area contributed by atoms with Gasteiger partial charge in [-0.2, -0.15) is 0 Å². The Bertz CT molecular complexity index is 484. The van der Waals surface area contributed by atoms with E-state index >= 15 is 0 Å². The molecule has 1 heterocycles. The lowest BCUT2D eigenvalue weighted by molar-refractivity contribution is 0.0748. The lowest BCUT2D eigenvalue weighted by atomic mass is 10.1. The largest absolute Gasteiger partial charge is 0.393 e. The minimum atomic E-state index is -0.300. The van der Waals surface area contributed by atoms with Crippen LogP contribution in [0.25, 0.3) is 0 Å². The molecule has 1 unspecified atom stereocenters. The molecule has 1 atom stereocenters. The minimum Gasteiger partial charge on any atom is -0.393 e. The highest BCUT2D eigenvalue weighted by molar-refractivity contribution is 7.80. The van der Waals surface area contributed by atoms with Crippen molar-refractivity contribution < 1.29 is 4.79 Å². The monoisotopic (exact) mass is 253 g/mol. The Labute approximate surface area is 105 Å². The Morgan fingerprint density at radius 3 is 2.82 bits per heavy atom. The number of nitrogens with one attached hydrogen (secondary N) is 1. The molecule has 0 aliphatic rings. The molecule has 1 amide bonds. The lowest BCUT2D eigenvalue weighted by Crippen LogP contribution is -2.37. The predicted molar refractivity (Wildman–Crippen MR) is 70.0 cm³/mol. The fraction of sp³-hybridized carbons (Fsp3) is 0.364. The van der Waals surface area contributed by atoms with Gasteiger partial charge < -0.3 is 15.6 Å². The molecule has 1 rings (SSSR count). The molecular weight excluding hydrogens is 238 g/mol. The van der Waals surface area contributed by atoms with Crippen molar-refractivity contribution in [1.82, 2.24) is 9.88 Å². The van der Waals surface area contributed by atoms with Crippen molar-refractivity contribution in [3.63, 3.8) is 0 Å². The number of carbonyl (C=O) groups is 1. The van der Waals surface area contributed by atoms with Crippen LogP contribution >= 0.6 is 12.2 Å². The lowest BCUT2D eigenvalue weighted by Gasteiger charge is -2.24. The van der Waals surface area contributed by atoms with E-state index in [0.717, 1.165) is 0 Å². The Kier molecular flexibility index (Phi) is 4.39. The summed E-state index contributed by atoms with van der Waals surface area (Å²) >= 11 is 4.80.